The highest BCUT2D eigenvalue weighted by atomic mass is 32.2. The second kappa shape index (κ2) is 6.27. The van der Waals surface area contributed by atoms with Crippen LogP contribution in [0.25, 0.3) is 0 Å². The molecule has 0 bridgehead atoms. The molecule has 0 aromatic rings. The fourth-order valence-electron chi connectivity index (χ4n) is 2.88. The molecule has 3 atom stereocenters. The van der Waals surface area contributed by atoms with Crippen molar-refractivity contribution in [3.63, 3.8) is 0 Å². The smallest absolute Gasteiger partial charge is 0.0219 e. The summed E-state index contributed by atoms with van der Waals surface area (Å²) >= 11 is 2.20. The summed E-state index contributed by atoms with van der Waals surface area (Å²) in [6, 6.07) is 1.51. The summed E-state index contributed by atoms with van der Waals surface area (Å²) in [6.07, 6.45) is 5.45. The number of piperazine rings is 1. The number of rotatable bonds is 4. The van der Waals surface area contributed by atoms with Crippen molar-refractivity contribution in [2.75, 3.05) is 25.4 Å². The van der Waals surface area contributed by atoms with Crippen LogP contribution in [0.5, 0.6) is 0 Å². The van der Waals surface area contributed by atoms with Gasteiger partial charge < -0.3 is 5.32 Å². The average molecular weight is 242 g/mol. The maximum atomic E-state index is 3.68. The van der Waals surface area contributed by atoms with Crippen LogP contribution in [0.2, 0.25) is 0 Å². The number of nitrogens with one attached hydrogen (secondary N) is 1. The summed E-state index contributed by atoms with van der Waals surface area (Å²) in [6.45, 7) is 8.43. The minimum Gasteiger partial charge on any atom is -0.311 e. The monoisotopic (exact) mass is 242 g/mol. The molecule has 0 radical (unpaired) electrons. The van der Waals surface area contributed by atoms with Crippen LogP contribution in [0.1, 0.15) is 39.5 Å². The molecule has 0 spiro atoms. The first-order valence-electron chi connectivity index (χ1n) is 6.92. The molecule has 0 aromatic heterocycles. The summed E-state index contributed by atoms with van der Waals surface area (Å²) in [7, 11) is 0. The van der Waals surface area contributed by atoms with Crippen molar-refractivity contribution >= 4 is 11.8 Å². The zero-order chi connectivity index (χ0) is 11.4. The predicted molar refractivity (Wildman–Crippen MR) is 73.2 cm³/mol. The van der Waals surface area contributed by atoms with E-state index in [0.29, 0.717) is 0 Å². The zero-order valence-electron chi connectivity index (χ0n) is 10.7. The Labute approximate surface area is 105 Å². The molecular weight excluding hydrogens is 216 g/mol. The molecule has 2 rings (SSSR count). The molecule has 94 valence electrons. The molecule has 2 aliphatic heterocycles. The highest BCUT2D eigenvalue weighted by Gasteiger charge is 2.28. The van der Waals surface area contributed by atoms with Gasteiger partial charge in [-0.2, -0.15) is 11.8 Å². The molecule has 3 unspecified atom stereocenters. The predicted octanol–water partition coefficient (Wildman–Crippen LogP) is 2.34. The van der Waals surface area contributed by atoms with Gasteiger partial charge in [0.25, 0.3) is 0 Å². The molecule has 2 saturated heterocycles. The minimum absolute atomic E-state index is 0.731. The average Bonchev–Trinajstić information content (AvgIpc) is 2.82. The van der Waals surface area contributed by atoms with Gasteiger partial charge in [0.15, 0.2) is 0 Å². The second-order valence-electron chi connectivity index (χ2n) is 5.16. The van der Waals surface area contributed by atoms with Crippen LogP contribution >= 0.6 is 11.8 Å². The van der Waals surface area contributed by atoms with Crippen molar-refractivity contribution in [2.45, 2.75) is 56.9 Å². The van der Waals surface area contributed by atoms with Gasteiger partial charge in [-0.15, -0.1) is 0 Å². The van der Waals surface area contributed by atoms with E-state index < -0.39 is 0 Å². The van der Waals surface area contributed by atoms with Crippen LogP contribution in [0.15, 0.2) is 0 Å². The highest BCUT2D eigenvalue weighted by molar-refractivity contribution is 8.00. The van der Waals surface area contributed by atoms with E-state index in [1.165, 1.54) is 51.1 Å². The summed E-state index contributed by atoms with van der Waals surface area (Å²) in [5.74, 6) is 1.39. The Morgan fingerprint density at radius 2 is 2.19 bits per heavy atom. The van der Waals surface area contributed by atoms with Gasteiger partial charge in [-0.3, -0.25) is 4.90 Å². The summed E-state index contributed by atoms with van der Waals surface area (Å²) in [5.41, 5.74) is 0. The van der Waals surface area contributed by atoms with Gasteiger partial charge in [-0.25, -0.2) is 0 Å². The molecule has 16 heavy (non-hydrogen) atoms. The molecule has 2 fully saturated rings. The Morgan fingerprint density at radius 3 is 2.81 bits per heavy atom. The van der Waals surface area contributed by atoms with Crippen LogP contribution < -0.4 is 5.32 Å². The SMILES string of the molecule is CCC1CN(CC2CCCS2)C(CC)CN1. The van der Waals surface area contributed by atoms with Gasteiger partial charge in [0.05, 0.1) is 0 Å². The van der Waals surface area contributed by atoms with E-state index in [1.54, 1.807) is 0 Å². The van der Waals surface area contributed by atoms with E-state index >= 15 is 0 Å². The Bertz CT molecular complexity index is 204. The molecule has 3 heteroatoms. The molecule has 0 aliphatic carbocycles. The number of hydrogen-bond acceptors (Lipinski definition) is 3. The van der Waals surface area contributed by atoms with Crippen molar-refractivity contribution in [3.05, 3.63) is 0 Å². The maximum absolute atomic E-state index is 3.68. The van der Waals surface area contributed by atoms with Crippen molar-refractivity contribution in [1.82, 2.24) is 10.2 Å². The van der Waals surface area contributed by atoms with Crippen molar-refractivity contribution in [2.24, 2.45) is 0 Å². The first-order valence-corrected chi connectivity index (χ1v) is 7.97. The Kier molecular flexibility index (Phi) is 4.98. The third-order valence-corrected chi connectivity index (χ3v) is 5.42. The molecule has 2 aliphatic rings. The largest absolute Gasteiger partial charge is 0.311 e. The van der Waals surface area contributed by atoms with Crippen LogP contribution in [0.3, 0.4) is 0 Å². The third-order valence-electron chi connectivity index (χ3n) is 4.04. The van der Waals surface area contributed by atoms with Gasteiger partial charge in [0.1, 0.15) is 0 Å². The fraction of sp³-hybridized carbons (Fsp3) is 1.00. The van der Waals surface area contributed by atoms with Crippen LogP contribution in [-0.4, -0.2) is 47.6 Å². The standard InChI is InChI=1S/C13H26N2S/c1-3-11-9-15(12(4-2)8-14-11)10-13-6-5-7-16-13/h11-14H,3-10H2,1-2H3. The molecule has 0 aromatic carbocycles. The molecule has 2 heterocycles. The first-order chi connectivity index (χ1) is 7.83. The first kappa shape index (κ1) is 12.7. The molecule has 0 saturated carbocycles. The minimum atomic E-state index is 0.731. The summed E-state index contributed by atoms with van der Waals surface area (Å²) in [5, 5.41) is 4.60. The van der Waals surface area contributed by atoms with E-state index in [0.717, 1.165) is 17.3 Å². The van der Waals surface area contributed by atoms with Crippen LogP contribution in [-0.2, 0) is 0 Å². The number of hydrogen-bond donors (Lipinski definition) is 1. The molecular formula is C13H26N2S. The number of nitrogens with zero attached hydrogens (tertiary/aromatic N) is 1. The van der Waals surface area contributed by atoms with E-state index in [1.807, 2.05) is 0 Å². The van der Waals surface area contributed by atoms with Crippen molar-refractivity contribution in [1.29, 1.82) is 0 Å². The van der Waals surface area contributed by atoms with E-state index in [-0.39, 0.29) is 0 Å². The quantitative estimate of drug-likeness (QED) is 0.814. The van der Waals surface area contributed by atoms with Crippen LogP contribution in [0, 0.1) is 0 Å². The fourth-order valence-corrected chi connectivity index (χ4v) is 4.17. The zero-order valence-corrected chi connectivity index (χ0v) is 11.6. The molecule has 2 nitrogen and oxygen atoms in total. The van der Waals surface area contributed by atoms with Gasteiger partial charge in [0.2, 0.25) is 0 Å². The summed E-state index contributed by atoms with van der Waals surface area (Å²) in [4.78, 5) is 2.76. The normalized spacial score (nSPS) is 36.8. The number of thioether (sulfide) groups is 1. The maximum Gasteiger partial charge on any atom is 0.0219 e. The highest BCUT2D eigenvalue weighted by Crippen LogP contribution is 2.28. The lowest BCUT2D eigenvalue weighted by molar-refractivity contribution is 0.125. The Morgan fingerprint density at radius 1 is 1.31 bits per heavy atom. The van der Waals surface area contributed by atoms with Gasteiger partial charge in [0, 0.05) is 37.0 Å². The molecule has 1 N–H and O–H groups in total. The molecule has 0 amide bonds. The Hall–Kier alpha value is 0.270. The third kappa shape index (κ3) is 3.14. The van der Waals surface area contributed by atoms with Crippen molar-refractivity contribution in [3.8, 4) is 0 Å². The van der Waals surface area contributed by atoms with Gasteiger partial charge in [-0.1, -0.05) is 13.8 Å². The topological polar surface area (TPSA) is 15.3 Å². The lowest BCUT2D eigenvalue weighted by Gasteiger charge is -2.41. The summed E-state index contributed by atoms with van der Waals surface area (Å²) < 4.78 is 0. The van der Waals surface area contributed by atoms with E-state index in [9.17, 15) is 0 Å². The van der Waals surface area contributed by atoms with E-state index in [2.05, 4.69) is 35.8 Å². The Balaban J connectivity index is 1.86. The lowest BCUT2D eigenvalue weighted by Crippen LogP contribution is -2.57. The van der Waals surface area contributed by atoms with Gasteiger partial charge >= 0.3 is 0 Å². The van der Waals surface area contributed by atoms with Crippen molar-refractivity contribution < 1.29 is 0 Å². The lowest BCUT2D eigenvalue weighted by atomic mass is 10.0. The van der Waals surface area contributed by atoms with Crippen LogP contribution in [0.4, 0.5) is 0 Å². The van der Waals surface area contributed by atoms with E-state index in [4.69, 9.17) is 0 Å². The second-order valence-corrected chi connectivity index (χ2v) is 6.57. The van der Waals surface area contributed by atoms with Gasteiger partial charge in [-0.05, 0) is 31.4 Å².